The molecule has 3 aromatic carbocycles. The van der Waals surface area contributed by atoms with E-state index in [2.05, 4.69) is 10.3 Å². The van der Waals surface area contributed by atoms with E-state index in [1.807, 2.05) is 56.3 Å². The third-order valence-electron chi connectivity index (χ3n) is 5.50. The van der Waals surface area contributed by atoms with Crippen LogP contribution < -0.4 is 15.0 Å². The molecule has 3 aromatic rings. The molecule has 0 unspecified atom stereocenters. The molecule has 1 N–H and O–H groups in total. The van der Waals surface area contributed by atoms with Gasteiger partial charge in [-0.05, 0) is 85.5 Å². The highest BCUT2D eigenvalue weighted by Crippen LogP contribution is 2.31. The van der Waals surface area contributed by atoms with Crippen LogP contribution in [-0.2, 0) is 9.59 Å². The summed E-state index contributed by atoms with van der Waals surface area (Å²) in [4.78, 5) is 32.1. The Kier molecular flexibility index (Phi) is 7.55. The highest BCUT2D eigenvalue weighted by atomic mass is 32.2. The molecule has 0 radical (unpaired) electrons. The Morgan fingerprint density at radius 2 is 1.75 bits per heavy atom. The summed E-state index contributed by atoms with van der Waals surface area (Å²) in [7, 11) is 1.59. The smallest absolute Gasteiger partial charge is 0.283 e. The van der Waals surface area contributed by atoms with Crippen LogP contribution in [0.15, 0.2) is 71.4 Å². The molecule has 0 atom stereocenters. The molecule has 2 amide bonds. The van der Waals surface area contributed by atoms with Crippen molar-refractivity contribution in [2.75, 3.05) is 23.1 Å². The minimum absolute atomic E-state index is 0.00127. The molecule has 0 aliphatic carbocycles. The van der Waals surface area contributed by atoms with Gasteiger partial charge in [-0.1, -0.05) is 36.0 Å². The average molecular weight is 504 g/mol. The van der Waals surface area contributed by atoms with Crippen molar-refractivity contribution >= 4 is 46.2 Å². The fraction of sp³-hybridized carbons (Fsp3) is 0.179. The van der Waals surface area contributed by atoms with Gasteiger partial charge in [0.1, 0.15) is 17.3 Å². The molecule has 0 saturated heterocycles. The van der Waals surface area contributed by atoms with Crippen LogP contribution >= 0.6 is 11.8 Å². The summed E-state index contributed by atoms with van der Waals surface area (Å²) in [6.07, 6.45) is 1.71. The number of halogens is 1. The van der Waals surface area contributed by atoms with Crippen LogP contribution in [0.25, 0.3) is 6.08 Å². The summed E-state index contributed by atoms with van der Waals surface area (Å²) in [5.41, 5.74) is 4.64. The Hall–Kier alpha value is -3.91. The standard InChI is InChI=1S/C28H26FN3O3S/c1-17-11-18(2)13-22(12-17)32-27(34)25(14-20-6-9-23(35-4)10-7-20)31-28(32)36-16-26(33)30-21-8-5-19(3)24(29)15-21/h5-15H,16H2,1-4H3,(H,30,33)/b25-14-. The number of anilines is 2. The maximum atomic E-state index is 13.8. The highest BCUT2D eigenvalue weighted by molar-refractivity contribution is 8.14. The van der Waals surface area contributed by atoms with Crippen molar-refractivity contribution in [1.82, 2.24) is 0 Å². The van der Waals surface area contributed by atoms with Gasteiger partial charge in [0, 0.05) is 5.69 Å². The van der Waals surface area contributed by atoms with Crippen molar-refractivity contribution in [1.29, 1.82) is 0 Å². The highest BCUT2D eigenvalue weighted by Gasteiger charge is 2.32. The zero-order chi connectivity index (χ0) is 25.8. The predicted molar refractivity (Wildman–Crippen MR) is 144 cm³/mol. The first-order valence-corrected chi connectivity index (χ1v) is 12.3. The molecule has 0 aromatic heterocycles. The van der Waals surface area contributed by atoms with Gasteiger partial charge in [-0.25, -0.2) is 9.38 Å². The van der Waals surface area contributed by atoms with Crippen molar-refractivity contribution in [3.63, 3.8) is 0 Å². The van der Waals surface area contributed by atoms with Crippen LogP contribution in [0.5, 0.6) is 5.75 Å². The molecule has 0 bridgehead atoms. The number of methoxy groups -OCH3 is 1. The first kappa shape index (κ1) is 25.2. The van der Waals surface area contributed by atoms with Gasteiger partial charge >= 0.3 is 0 Å². The minimum atomic E-state index is -0.388. The normalized spacial score (nSPS) is 14.2. The lowest BCUT2D eigenvalue weighted by atomic mass is 10.1. The molecule has 1 aliphatic rings. The molecule has 6 nitrogen and oxygen atoms in total. The number of nitrogens with one attached hydrogen (secondary N) is 1. The second-order valence-electron chi connectivity index (χ2n) is 8.48. The molecule has 1 heterocycles. The monoisotopic (exact) mass is 503 g/mol. The first-order chi connectivity index (χ1) is 17.2. The number of thioether (sulfide) groups is 1. The van der Waals surface area contributed by atoms with Crippen LogP contribution in [0.4, 0.5) is 15.8 Å². The largest absolute Gasteiger partial charge is 0.497 e. The van der Waals surface area contributed by atoms with Crippen molar-refractivity contribution in [2.24, 2.45) is 4.99 Å². The van der Waals surface area contributed by atoms with Gasteiger partial charge < -0.3 is 10.1 Å². The lowest BCUT2D eigenvalue weighted by Crippen LogP contribution is -2.31. The number of hydrogen-bond acceptors (Lipinski definition) is 5. The number of amidine groups is 1. The zero-order valence-corrected chi connectivity index (χ0v) is 21.3. The maximum Gasteiger partial charge on any atom is 0.283 e. The Balaban J connectivity index is 1.59. The molecular formula is C28H26FN3O3S. The van der Waals surface area contributed by atoms with Gasteiger partial charge in [0.05, 0.1) is 18.6 Å². The molecule has 36 heavy (non-hydrogen) atoms. The molecule has 0 fully saturated rings. The summed E-state index contributed by atoms with van der Waals surface area (Å²) in [5, 5.41) is 3.09. The lowest BCUT2D eigenvalue weighted by molar-refractivity contribution is -0.114. The van der Waals surface area contributed by atoms with Gasteiger partial charge in [0.25, 0.3) is 5.91 Å². The van der Waals surface area contributed by atoms with Gasteiger partial charge in [-0.15, -0.1) is 0 Å². The number of rotatable bonds is 6. The van der Waals surface area contributed by atoms with Gasteiger partial charge in [0.15, 0.2) is 5.17 Å². The van der Waals surface area contributed by atoms with Crippen molar-refractivity contribution in [2.45, 2.75) is 20.8 Å². The Labute approximate surface area is 213 Å². The number of ether oxygens (including phenoxy) is 1. The summed E-state index contributed by atoms with van der Waals surface area (Å²) in [5.74, 6) is -0.282. The van der Waals surface area contributed by atoms with E-state index >= 15 is 0 Å². The number of aliphatic imine (C=N–C) groups is 1. The van der Waals surface area contributed by atoms with Crippen molar-refractivity contribution in [3.8, 4) is 5.75 Å². The maximum absolute atomic E-state index is 13.8. The second kappa shape index (κ2) is 10.8. The van der Waals surface area contributed by atoms with E-state index in [1.54, 1.807) is 32.2 Å². The number of amides is 2. The van der Waals surface area contributed by atoms with E-state index < -0.39 is 0 Å². The van der Waals surface area contributed by atoms with Crippen LogP contribution in [0.3, 0.4) is 0 Å². The number of carbonyl (C=O) groups is 2. The van der Waals surface area contributed by atoms with Crippen LogP contribution in [0.1, 0.15) is 22.3 Å². The topological polar surface area (TPSA) is 71.0 Å². The Morgan fingerprint density at radius 1 is 1.06 bits per heavy atom. The minimum Gasteiger partial charge on any atom is -0.497 e. The number of nitrogens with zero attached hydrogens (tertiary/aromatic N) is 2. The summed E-state index contributed by atoms with van der Waals surface area (Å²) in [6, 6.07) is 17.7. The number of carbonyl (C=O) groups excluding carboxylic acids is 2. The first-order valence-electron chi connectivity index (χ1n) is 11.3. The third-order valence-corrected chi connectivity index (χ3v) is 6.44. The van der Waals surface area contributed by atoms with Crippen LogP contribution in [0, 0.1) is 26.6 Å². The number of hydrogen-bond donors (Lipinski definition) is 1. The molecule has 0 spiro atoms. The summed E-state index contributed by atoms with van der Waals surface area (Å²) < 4.78 is 19.0. The molecule has 184 valence electrons. The van der Waals surface area contributed by atoms with Crippen molar-refractivity contribution in [3.05, 3.63) is 94.4 Å². The fourth-order valence-corrected chi connectivity index (χ4v) is 4.57. The second-order valence-corrected chi connectivity index (χ2v) is 9.43. The quantitative estimate of drug-likeness (QED) is 0.427. The third kappa shape index (κ3) is 5.83. The predicted octanol–water partition coefficient (Wildman–Crippen LogP) is 5.88. The van der Waals surface area contributed by atoms with Gasteiger partial charge in [-0.2, -0.15) is 0 Å². The fourth-order valence-electron chi connectivity index (χ4n) is 3.76. The van der Waals surface area contributed by atoms with Gasteiger partial charge in [0.2, 0.25) is 5.91 Å². The summed E-state index contributed by atoms with van der Waals surface area (Å²) in [6.45, 7) is 5.58. The van der Waals surface area contributed by atoms with Gasteiger partial charge in [-0.3, -0.25) is 14.5 Å². The van der Waals surface area contributed by atoms with Crippen LogP contribution in [0.2, 0.25) is 0 Å². The van der Waals surface area contributed by atoms with E-state index in [0.29, 0.717) is 27.9 Å². The number of benzene rings is 3. The van der Waals surface area contributed by atoms with E-state index in [9.17, 15) is 14.0 Å². The lowest BCUT2D eigenvalue weighted by Gasteiger charge is -2.19. The molecule has 4 rings (SSSR count). The SMILES string of the molecule is COc1ccc(/C=C2\N=C(SCC(=O)Nc3ccc(C)c(F)c3)N(c3cc(C)cc(C)c3)C2=O)cc1. The Bertz CT molecular complexity index is 1360. The number of aryl methyl sites for hydroxylation is 3. The zero-order valence-electron chi connectivity index (χ0n) is 20.5. The van der Waals surface area contributed by atoms with E-state index in [4.69, 9.17) is 4.74 Å². The van der Waals surface area contributed by atoms with Crippen LogP contribution in [-0.4, -0.2) is 29.8 Å². The van der Waals surface area contributed by atoms with E-state index in [1.165, 1.54) is 11.0 Å². The van der Waals surface area contributed by atoms with E-state index in [0.717, 1.165) is 28.5 Å². The Morgan fingerprint density at radius 3 is 2.39 bits per heavy atom. The molecule has 8 heteroatoms. The summed E-state index contributed by atoms with van der Waals surface area (Å²) >= 11 is 1.15. The van der Waals surface area contributed by atoms with E-state index in [-0.39, 0.29) is 29.1 Å². The average Bonchev–Trinajstić information content (AvgIpc) is 3.15. The molecule has 0 saturated carbocycles. The molecular weight excluding hydrogens is 477 g/mol. The molecule has 1 aliphatic heterocycles. The van der Waals surface area contributed by atoms with Crippen molar-refractivity contribution < 1.29 is 18.7 Å².